The summed E-state index contributed by atoms with van der Waals surface area (Å²) in [4.78, 5) is 0. The molecule has 0 spiro atoms. The summed E-state index contributed by atoms with van der Waals surface area (Å²) in [6.07, 6.45) is 0. The summed E-state index contributed by atoms with van der Waals surface area (Å²) in [5.41, 5.74) is 7.33. The van der Waals surface area contributed by atoms with Crippen LogP contribution in [0.25, 0.3) is 33.4 Å². The first-order valence-corrected chi connectivity index (χ1v) is 13.2. The second kappa shape index (κ2) is 25.2. The molecular formula is C40H30Fe4-12. The Morgan fingerprint density at radius 2 is 0.523 bits per heavy atom. The van der Waals surface area contributed by atoms with E-state index in [2.05, 4.69) is 121 Å². The zero-order valence-electron chi connectivity index (χ0n) is 23.7. The Kier molecular flexibility index (Phi) is 23.4. The van der Waals surface area contributed by atoms with Crippen molar-refractivity contribution in [1.29, 1.82) is 0 Å². The smallest absolute Gasteiger partial charge is 0 e. The minimum Gasteiger partial charge on any atom is -0.901 e. The number of hydrogen-bond donors (Lipinski definition) is 0. The van der Waals surface area contributed by atoms with Gasteiger partial charge in [-0.3, -0.25) is 0 Å². The van der Waals surface area contributed by atoms with E-state index in [9.17, 15) is 0 Å². The zero-order chi connectivity index (χ0) is 27.5. The van der Waals surface area contributed by atoms with E-state index >= 15 is 0 Å². The molecule has 8 rings (SSSR count). The van der Waals surface area contributed by atoms with Crippen LogP contribution in [-0.2, 0) is 68.3 Å². The fourth-order valence-corrected chi connectivity index (χ4v) is 3.81. The van der Waals surface area contributed by atoms with Crippen LogP contribution in [0.5, 0.6) is 0 Å². The molecule has 4 heteroatoms. The van der Waals surface area contributed by atoms with Crippen LogP contribution in [0.3, 0.4) is 0 Å². The molecule has 234 valence electrons. The van der Waals surface area contributed by atoms with Crippen LogP contribution < -0.4 is 0 Å². The van der Waals surface area contributed by atoms with Crippen LogP contribution in [0.1, 0.15) is 0 Å². The molecule has 8 aromatic rings. The van der Waals surface area contributed by atoms with E-state index in [4.69, 9.17) is 0 Å². The Labute approximate surface area is 305 Å². The van der Waals surface area contributed by atoms with E-state index in [0.29, 0.717) is 0 Å². The molecular weight excluding hydrogens is 704 g/mol. The molecule has 0 saturated carbocycles. The molecule has 8 aromatic carbocycles. The molecule has 0 saturated heterocycles. The topological polar surface area (TPSA) is 0 Å². The van der Waals surface area contributed by atoms with Gasteiger partial charge in [-0.25, -0.2) is 24.3 Å². The monoisotopic (exact) mass is 734 g/mol. The average Bonchev–Trinajstić information content (AvgIpc) is 3.91. The van der Waals surface area contributed by atoms with Crippen molar-refractivity contribution in [2.45, 2.75) is 0 Å². The van der Waals surface area contributed by atoms with Crippen molar-refractivity contribution in [3.8, 4) is 33.4 Å². The molecule has 0 heterocycles. The van der Waals surface area contributed by atoms with Gasteiger partial charge in [-0.05, 0) is 0 Å². The van der Waals surface area contributed by atoms with Crippen molar-refractivity contribution in [1.82, 2.24) is 0 Å². The third kappa shape index (κ3) is 15.1. The van der Waals surface area contributed by atoms with E-state index in [1.54, 1.807) is 0 Å². The molecule has 0 aliphatic rings. The van der Waals surface area contributed by atoms with Crippen LogP contribution in [0.2, 0.25) is 0 Å². The van der Waals surface area contributed by atoms with Gasteiger partial charge in [0.05, 0.1) is 0 Å². The van der Waals surface area contributed by atoms with Crippen molar-refractivity contribution in [3.05, 3.63) is 206 Å². The standard InChI is InChI=1S/2C10H8.C10H4.2C5H5.4Fe/c3*1-2-6-9(5-1)10-7-3-4-8-10;2*1-2-4-5-3-1;;;;/h2*1-8H;1-2,5-6H;2*1-5H;;;;/q2*-2;-6;2*-1;;;;. The second-order valence-corrected chi connectivity index (χ2v) is 8.67. The molecule has 0 aliphatic heterocycles. The van der Waals surface area contributed by atoms with Crippen LogP contribution in [-0.4, -0.2) is 0 Å². The van der Waals surface area contributed by atoms with Crippen LogP contribution >= 0.6 is 0 Å². The first kappa shape index (κ1) is 40.9. The molecule has 0 aromatic heterocycles. The van der Waals surface area contributed by atoms with E-state index in [-0.39, 0.29) is 68.3 Å². The first-order valence-electron chi connectivity index (χ1n) is 13.2. The molecule has 0 nitrogen and oxygen atoms in total. The maximum Gasteiger partial charge on any atom is 0 e. The molecule has 0 radical (unpaired) electrons. The minimum absolute atomic E-state index is 0. The summed E-state index contributed by atoms with van der Waals surface area (Å²) in [5, 5.41) is 0. The Bertz CT molecular complexity index is 1210. The Morgan fingerprint density at radius 3 is 0.727 bits per heavy atom. The SMILES string of the molecule is [Fe].[Fe].[Fe].[Fe].[c-]1[c-][c-][c-](-[c-]2cccc2)[c-]1.c1cc[c-](-[c-]2cccc2)c1.c1cc[c-](-[c-]2cccc2)c1.c1cc[cH-]c1.c1cc[cH-]c1. The van der Waals surface area contributed by atoms with Gasteiger partial charge in [0, 0.05) is 68.3 Å². The summed E-state index contributed by atoms with van der Waals surface area (Å²) in [6, 6.07) is 72.7. The van der Waals surface area contributed by atoms with Gasteiger partial charge in [0.25, 0.3) is 0 Å². The van der Waals surface area contributed by atoms with Crippen molar-refractivity contribution in [2.24, 2.45) is 0 Å². The summed E-state index contributed by atoms with van der Waals surface area (Å²) < 4.78 is 0. The van der Waals surface area contributed by atoms with E-state index in [1.807, 2.05) is 84.9 Å². The third-order valence-electron chi connectivity index (χ3n) is 5.82. The van der Waals surface area contributed by atoms with Gasteiger partial charge in [0.2, 0.25) is 0 Å². The van der Waals surface area contributed by atoms with Gasteiger partial charge in [0.15, 0.2) is 0 Å². The maximum absolute atomic E-state index is 2.90. The van der Waals surface area contributed by atoms with Gasteiger partial charge >= 0.3 is 0 Å². The van der Waals surface area contributed by atoms with Crippen LogP contribution in [0, 0.1) is 24.3 Å². The molecule has 0 aliphatic carbocycles. The van der Waals surface area contributed by atoms with E-state index in [0.717, 1.165) is 11.1 Å². The summed E-state index contributed by atoms with van der Waals surface area (Å²) in [5.74, 6) is 0. The molecule has 0 atom stereocenters. The molecule has 0 unspecified atom stereocenters. The van der Waals surface area contributed by atoms with Crippen LogP contribution in [0.4, 0.5) is 0 Å². The van der Waals surface area contributed by atoms with Gasteiger partial charge in [-0.15, -0.1) is 0 Å². The largest absolute Gasteiger partial charge is 0.901 e. The molecule has 0 N–H and O–H groups in total. The van der Waals surface area contributed by atoms with Gasteiger partial charge in [-0.2, -0.15) is 156 Å². The van der Waals surface area contributed by atoms with E-state index in [1.165, 1.54) is 22.3 Å². The van der Waals surface area contributed by atoms with Gasteiger partial charge in [0.1, 0.15) is 0 Å². The Morgan fingerprint density at radius 1 is 0.295 bits per heavy atom. The summed E-state index contributed by atoms with van der Waals surface area (Å²) in [7, 11) is 0. The van der Waals surface area contributed by atoms with Crippen molar-refractivity contribution in [2.75, 3.05) is 0 Å². The fourth-order valence-electron chi connectivity index (χ4n) is 3.81. The predicted molar refractivity (Wildman–Crippen MR) is 169 cm³/mol. The maximum atomic E-state index is 2.90. The Balaban J connectivity index is 0.000000528. The number of rotatable bonds is 3. The normalized spacial score (nSPS) is 8.64. The summed E-state index contributed by atoms with van der Waals surface area (Å²) in [6.45, 7) is 0. The van der Waals surface area contributed by atoms with E-state index < -0.39 is 0 Å². The van der Waals surface area contributed by atoms with Gasteiger partial charge in [-0.1, -0.05) is 0 Å². The minimum atomic E-state index is 0. The molecule has 0 bridgehead atoms. The van der Waals surface area contributed by atoms with Crippen molar-refractivity contribution < 1.29 is 68.3 Å². The quantitative estimate of drug-likeness (QED) is 0.125. The molecule has 0 fully saturated rings. The first-order chi connectivity index (χ1) is 19.9. The second-order valence-electron chi connectivity index (χ2n) is 8.67. The Hall–Kier alpha value is -3.12. The summed E-state index contributed by atoms with van der Waals surface area (Å²) >= 11 is 0. The van der Waals surface area contributed by atoms with Crippen molar-refractivity contribution >= 4 is 0 Å². The molecule has 0 amide bonds. The molecule has 44 heavy (non-hydrogen) atoms. The van der Waals surface area contributed by atoms with Crippen molar-refractivity contribution in [3.63, 3.8) is 0 Å². The number of hydrogen-bond acceptors (Lipinski definition) is 0. The average molecular weight is 734 g/mol. The fraction of sp³-hybridized carbons (Fsp3) is 0. The zero-order valence-corrected chi connectivity index (χ0v) is 28.2. The van der Waals surface area contributed by atoms with Gasteiger partial charge < -0.3 is 59.7 Å². The predicted octanol–water partition coefficient (Wildman–Crippen LogP) is 10.4. The van der Waals surface area contributed by atoms with Crippen LogP contribution in [0.15, 0.2) is 182 Å². The third-order valence-corrected chi connectivity index (χ3v) is 5.82.